The Kier molecular flexibility index (Phi) is 3.25. The fourth-order valence-electron chi connectivity index (χ4n) is 2.50. The van der Waals surface area contributed by atoms with Crippen LogP contribution in [0.15, 0.2) is 30.3 Å². The first-order chi connectivity index (χ1) is 10.1. The van der Waals surface area contributed by atoms with Gasteiger partial charge in [0.25, 0.3) is 0 Å². The number of para-hydroxylation sites is 1. The minimum absolute atomic E-state index is 0.0225. The number of aromatic nitrogens is 4. The monoisotopic (exact) mass is 280 g/mol. The largest absolute Gasteiger partial charge is 0.294 e. The lowest BCUT2D eigenvalue weighted by Crippen LogP contribution is -2.09. The average molecular weight is 280 g/mol. The van der Waals surface area contributed by atoms with E-state index in [9.17, 15) is 4.79 Å². The summed E-state index contributed by atoms with van der Waals surface area (Å²) in [6.45, 7) is 3.63. The van der Waals surface area contributed by atoms with E-state index in [0.29, 0.717) is 11.3 Å². The van der Waals surface area contributed by atoms with Crippen LogP contribution < -0.4 is 0 Å². The van der Waals surface area contributed by atoms with E-state index < -0.39 is 0 Å². The Morgan fingerprint density at radius 3 is 2.76 bits per heavy atom. The van der Waals surface area contributed by atoms with E-state index in [1.54, 1.807) is 17.7 Å². The van der Waals surface area contributed by atoms with Gasteiger partial charge in [0.05, 0.1) is 29.0 Å². The van der Waals surface area contributed by atoms with Crippen molar-refractivity contribution in [3.05, 3.63) is 53.0 Å². The first-order valence-corrected chi connectivity index (χ1v) is 6.81. The van der Waals surface area contributed by atoms with Gasteiger partial charge in [-0.25, -0.2) is 0 Å². The Morgan fingerprint density at radius 2 is 1.95 bits per heavy atom. The highest BCUT2D eigenvalue weighted by Gasteiger charge is 2.16. The number of aryl methyl sites for hydroxylation is 3. The van der Waals surface area contributed by atoms with E-state index in [1.807, 2.05) is 38.2 Å². The molecule has 106 valence electrons. The summed E-state index contributed by atoms with van der Waals surface area (Å²) in [5.74, 6) is 0.0225. The summed E-state index contributed by atoms with van der Waals surface area (Å²) >= 11 is 0. The molecule has 0 saturated heterocycles. The van der Waals surface area contributed by atoms with Crippen LogP contribution in [0.3, 0.4) is 0 Å². The van der Waals surface area contributed by atoms with Gasteiger partial charge in [-0.05, 0) is 26.0 Å². The van der Waals surface area contributed by atoms with E-state index in [-0.39, 0.29) is 12.2 Å². The maximum absolute atomic E-state index is 12.5. The minimum Gasteiger partial charge on any atom is -0.294 e. The quantitative estimate of drug-likeness (QED) is 0.691. The lowest BCUT2D eigenvalue weighted by Gasteiger charge is -2.03. The number of Topliss-reactive ketones (excluding diaryl/α,β-unsaturated/α-hetero) is 1. The molecule has 2 aromatic heterocycles. The van der Waals surface area contributed by atoms with Crippen molar-refractivity contribution >= 4 is 16.7 Å². The molecule has 0 amide bonds. The van der Waals surface area contributed by atoms with Gasteiger partial charge in [0.2, 0.25) is 0 Å². The summed E-state index contributed by atoms with van der Waals surface area (Å²) in [6.07, 6.45) is 0.271. The van der Waals surface area contributed by atoms with E-state index in [4.69, 9.17) is 0 Å². The summed E-state index contributed by atoms with van der Waals surface area (Å²) < 4.78 is 1.81. The van der Waals surface area contributed by atoms with Gasteiger partial charge in [0.15, 0.2) is 5.78 Å². The Labute approximate surface area is 122 Å². The van der Waals surface area contributed by atoms with Gasteiger partial charge >= 0.3 is 0 Å². The molecule has 0 saturated carbocycles. The molecule has 0 N–H and O–H groups in total. The van der Waals surface area contributed by atoms with Crippen molar-refractivity contribution in [1.82, 2.24) is 20.0 Å². The van der Waals surface area contributed by atoms with Gasteiger partial charge in [0, 0.05) is 18.0 Å². The van der Waals surface area contributed by atoms with Crippen LogP contribution in [0.1, 0.15) is 27.4 Å². The topological polar surface area (TPSA) is 60.7 Å². The van der Waals surface area contributed by atoms with E-state index in [0.717, 1.165) is 22.3 Å². The third-order valence-corrected chi connectivity index (χ3v) is 3.56. The average Bonchev–Trinajstić information content (AvgIpc) is 2.78. The second kappa shape index (κ2) is 5.09. The Bertz CT molecular complexity index is 835. The van der Waals surface area contributed by atoms with E-state index in [2.05, 4.69) is 15.3 Å². The van der Waals surface area contributed by atoms with Crippen molar-refractivity contribution in [1.29, 1.82) is 0 Å². The normalized spacial score (nSPS) is 11.0. The molecule has 2 heterocycles. The zero-order chi connectivity index (χ0) is 15.0. The maximum Gasteiger partial charge on any atom is 0.170 e. The zero-order valence-corrected chi connectivity index (χ0v) is 12.3. The molecule has 0 bridgehead atoms. The molecule has 21 heavy (non-hydrogen) atoms. The second-order valence-electron chi connectivity index (χ2n) is 5.17. The summed E-state index contributed by atoms with van der Waals surface area (Å²) in [6, 6.07) is 9.71. The fraction of sp³-hybridized carbons (Fsp3) is 0.250. The standard InChI is InChI=1S/C16H16N4O/c1-10-8-13(11(2)18-17-10)16(21)9-14-12-6-4-5-7-15(12)20(3)19-14/h4-8H,9H2,1-3H3. The number of carbonyl (C=O) groups is 1. The molecule has 0 aliphatic rings. The first-order valence-electron chi connectivity index (χ1n) is 6.81. The van der Waals surface area contributed by atoms with Crippen LogP contribution in [0.5, 0.6) is 0 Å². The van der Waals surface area contributed by atoms with Crippen LogP contribution in [0, 0.1) is 13.8 Å². The molecule has 5 nitrogen and oxygen atoms in total. The van der Waals surface area contributed by atoms with Crippen molar-refractivity contribution < 1.29 is 4.79 Å². The zero-order valence-electron chi connectivity index (χ0n) is 12.3. The van der Waals surface area contributed by atoms with Crippen LogP contribution in [-0.2, 0) is 13.5 Å². The molecule has 0 fully saturated rings. The maximum atomic E-state index is 12.5. The van der Waals surface area contributed by atoms with Crippen molar-refractivity contribution in [3.63, 3.8) is 0 Å². The van der Waals surface area contributed by atoms with E-state index >= 15 is 0 Å². The van der Waals surface area contributed by atoms with Crippen molar-refractivity contribution in [3.8, 4) is 0 Å². The second-order valence-corrected chi connectivity index (χ2v) is 5.17. The number of nitrogens with zero attached hydrogens (tertiary/aromatic N) is 4. The third kappa shape index (κ3) is 2.42. The molecule has 0 aliphatic heterocycles. The highest BCUT2D eigenvalue weighted by molar-refractivity contribution is 6.00. The van der Waals surface area contributed by atoms with Crippen LogP contribution >= 0.6 is 0 Å². The number of fused-ring (bicyclic) bond motifs is 1. The molecule has 0 spiro atoms. The number of benzene rings is 1. The number of rotatable bonds is 3. The first kappa shape index (κ1) is 13.4. The minimum atomic E-state index is 0.0225. The molecule has 0 radical (unpaired) electrons. The molecule has 0 atom stereocenters. The van der Waals surface area contributed by atoms with Crippen molar-refractivity contribution in [2.75, 3.05) is 0 Å². The molecular weight excluding hydrogens is 264 g/mol. The molecular formula is C16H16N4O. The molecule has 3 aromatic rings. The molecule has 5 heteroatoms. The van der Waals surface area contributed by atoms with Gasteiger partial charge < -0.3 is 0 Å². The SMILES string of the molecule is Cc1cc(C(=O)Cc2nn(C)c3ccccc23)c(C)nn1. The number of hydrogen-bond acceptors (Lipinski definition) is 4. The van der Waals surface area contributed by atoms with Gasteiger partial charge in [-0.15, -0.1) is 0 Å². The van der Waals surface area contributed by atoms with Crippen LogP contribution in [-0.4, -0.2) is 25.8 Å². The summed E-state index contributed by atoms with van der Waals surface area (Å²) in [7, 11) is 1.89. The van der Waals surface area contributed by atoms with Crippen molar-refractivity contribution in [2.45, 2.75) is 20.3 Å². The van der Waals surface area contributed by atoms with Gasteiger partial charge in [0.1, 0.15) is 0 Å². The predicted octanol–water partition coefficient (Wildman–Crippen LogP) is 2.41. The van der Waals surface area contributed by atoms with Crippen LogP contribution in [0.25, 0.3) is 10.9 Å². The Balaban J connectivity index is 1.99. The van der Waals surface area contributed by atoms with E-state index in [1.165, 1.54) is 0 Å². The lowest BCUT2D eigenvalue weighted by molar-refractivity contribution is 0.0990. The molecule has 0 aliphatic carbocycles. The molecule has 3 rings (SSSR count). The Hall–Kier alpha value is -2.56. The highest BCUT2D eigenvalue weighted by atomic mass is 16.1. The number of carbonyl (C=O) groups excluding carboxylic acids is 1. The number of ketones is 1. The van der Waals surface area contributed by atoms with Crippen LogP contribution in [0.2, 0.25) is 0 Å². The fourth-order valence-corrected chi connectivity index (χ4v) is 2.50. The predicted molar refractivity (Wildman–Crippen MR) is 80.3 cm³/mol. The summed E-state index contributed by atoms with van der Waals surface area (Å²) in [5, 5.41) is 13.5. The lowest BCUT2D eigenvalue weighted by atomic mass is 10.0. The van der Waals surface area contributed by atoms with Crippen LogP contribution in [0.4, 0.5) is 0 Å². The summed E-state index contributed by atoms with van der Waals surface area (Å²) in [5.41, 5.74) is 3.85. The highest BCUT2D eigenvalue weighted by Crippen LogP contribution is 2.19. The van der Waals surface area contributed by atoms with Gasteiger partial charge in [-0.3, -0.25) is 9.48 Å². The molecule has 1 aromatic carbocycles. The van der Waals surface area contributed by atoms with Crippen molar-refractivity contribution in [2.24, 2.45) is 7.05 Å². The Morgan fingerprint density at radius 1 is 1.19 bits per heavy atom. The summed E-state index contributed by atoms with van der Waals surface area (Å²) in [4.78, 5) is 12.5. The van der Waals surface area contributed by atoms with Gasteiger partial charge in [-0.2, -0.15) is 15.3 Å². The van der Waals surface area contributed by atoms with Gasteiger partial charge in [-0.1, -0.05) is 18.2 Å². The smallest absolute Gasteiger partial charge is 0.170 e. The number of hydrogen-bond donors (Lipinski definition) is 0. The molecule has 0 unspecified atom stereocenters. The third-order valence-electron chi connectivity index (χ3n) is 3.56.